The van der Waals surface area contributed by atoms with E-state index >= 15 is 0 Å². The molecule has 1 atom stereocenters. The Hall–Kier alpha value is -1.39. The second kappa shape index (κ2) is 4.43. The van der Waals surface area contributed by atoms with E-state index in [-0.39, 0.29) is 12.8 Å². The van der Waals surface area contributed by atoms with Crippen LogP contribution in [0.2, 0.25) is 0 Å². The summed E-state index contributed by atoms with van der Waals surface area (Å²) in [5, 5.41) is 10.2. The van der Waals surface area contributed by atoms with Gasteiger partial charge in [0.2, 0.25) is 12.3 Å². The van der Waals surface area contributed by atoms with E-state index in [0.29, 0.717) is 0 Å². The molecule has 0 aliphatic heterocycles. The molecule has 11 heavy (non-hydrogen) atoms. The third kappa shape index (κ3) is 4.07. The molecule has 0 aromatic rings. The molecule has 0 bridgehead atoms. The van der Waals surface area contributed by atoms with Crippen molar-refractivity contribution in [3.63, 3.8) is 0 Å². The molecule has 2 N–H and O–H groups in total. The fraction of sp³-hybridized carbons (Fsp3) is 0.500. The maximum Gasteiger partial charge on any atom is 0.306 e. The van der Waals surface area contributed by atoms with E-state index in [4.69, 9.17) is 5.11 Å². The number of nitrogens with one attached hydrogen (secondary N) is 1. The molecule has 5 heteroatoms. The minimum absolute atomic E-state index is 0.173. The third-order valence-electron chi connectivity index (χ3n) is 1.13. The first-order valence-corrected chi connectivity index (χ1v) is 3.03. The molecule has 0 saturated carbocycles. The summed E-state index contributed by atoms with van der Waals surface area (Å²) >= 11 is 0. The van der Waals surface area contributed by atoms with Crippen molar-refractivity contribution in [1.82, 2.24) is 5.32 Å². The Labute approximate surface area is 63.4 Å². The molecule has 0 rings (SSSR count). The molecule has 0 saturated heterocycles. The molecule has 0 aliphatic rings. The molecule has 5 nitrogen and oxygen atoms in total. The van der Waals surface area contributed by atoms with Gasteiger partial charge < -0.3 is 5.11 Å². The maximum absolute atomic E-state index is 10.6. The van der Waals surface area contributed by atoms with E-state index in [2.05, 4.69) is 0 Å². The van der Waals surface area contributed by atoms with Crippen LogP contribution in [0.4, 0.5) is 0 Å². The standard InChI is InChI=1S/C6H9NO4/c1-4(6(10)11)2-5(9)7-3-8/h3-4H,2H2,1H3,(H,10,11)(H,7,8,9). The van der Waals surface area contributed by atoms with Crippen LogP contribution in [0.25, 0.3) is 0 Å². The molecule has 0 spiro atoms. The van der Waals surface area contributed by atoms with Gasteiger partial charge >= 0.3 is 5.97 Å². The molecular weight excluding hydrogens is 150 g/mol. The fourth-order valence-electron chi connectivity index (χ4n) is 0.490. The zero-order valence-electron chi connectivity index (χ0n) is 6.03. The molecule has 62 valence electrons. The summed E-state index contributed by atoms with van der Waals surface area (Å²) in [5.41, 5.74) is 0. The molecular formula is C6H9NO4. The zero-order valence-corrected chi connectivity index (χ0v) is 6.03. The van der Waals surface area contributed by atoms with Gasteiger partial charge in [-0.1, -0.05) is 6.92 Å². The van der Waals surface area contributed by atoms with Crippen molar-refractivity contribution in [2.45, 2.75) is 13.3 Å². The number of hydrogen-bond donors (Lipinski definition) is 2. The first-order valence-electron chi connectivity index (χ1n) is 3.03. The molecule has 1 unspecified atom stereocenters. The van der Waals surface area contributed by atoms with Gasteiger partial charge in [0.15, 0.2) is 0 Å². The highest BCUT2D eigenvalue weighted by molar-refractivity contribution is 5.88. The largest absolute Gasteiger partial charge is 0.481 e. The molecule has 0 aromatic heterocycles. The Kier molecular flexibility index (Phi) is 3.87. The van der Waals surface area contributed by atoms with Crippen LogP contribution < -0.4 is 5.32 Å². The van der Waals surface area contributed by atoms with Crippen molar-refractivity contribution >= 4 is 18.3 Å². The molecule has 0 aromatic carbocycles. The number of carbonyl (C=O) groups is 3. The smallest absolute Gasteiger partial charge is 0.306 e. The average Bonchev–Trinajstić information content (AvgIpc) is 1.87. The van der Waals surface area contributed by atoms with Gasteiger partial charge in [-0.25, -0.2) is 0 Å². The zero-order chi connectivity index (χ0) is 8.85. The predicted octanol–water partition coefficient (Wildman–Crippen LogP) is -0.630. The van der Waals surface area contributed by atoms with Gasteiger partial charge in [0, 0.05) is 6.42 Å². The number of amides is 2. The molecule has 0 fully saturated rings. The third-order valence-corrected chi connectivity index (χ3v) is 1.13. The lowest BCUT2D eigenvalue weighted by Gasteiger charge is -2.02. The number of imide groups is 1. The number of carbonyl (C=O) groups excluding carboxylic acids is 2. The van der Waals surface area contributed by atoms with E-state index in [1.165, 1.54) is 6.92 Å². The molecule has 0 heterocycles. The lowest BCUT2D eigenvalue weighted by atomic mass is 10.1. The molecule has 0 radical (unpaired) electrons. The Morgan fingerprint density at radius 1 is 1.64 bits per heavy atom. The monoisotopic (exact) mass is 159 g/mol. The summed E-state index contributed by atoms with van der Waals surface area (Å²) in [7, 11) is 0. The first-order chi connectivity index (χ1) is 5.07. The highest BCUT2D eigenvalue weighted by Gasteiger charge is 2.14. The normalized spacial score (nSPS) is 11.7. The molecule has 2 amide bonds. The number of hydrogen-bond acceptors (Lipinski definition) is 3. The minimum Gasteiger partial charge on any atom is -0.481 e. The Balaban J connectivity index is 3.74. The van der Waals surface area contributed by atoms with Crippen molar-refractivity contribution in [3.8, 4) is 0 Å². The Morgan fingerprint density at radius 3 is 2.55 bits per heavy atom. The lowest BCUT2D eigenvalue weighted by Crippen LogP contribution is -2.25. The summed E-state index contributed by atoms with van der Waals surface area (Å²) in [6, 6.07) is 0. The van der Waals surface area contributed by atoms with Gasteiger partial charge in [0.25, 0.3) is 0 Å². The van der Waals surface area contributed by atoms with E-state index in [1.54, 1.807) is 0 Å². The van der Waals surface area contributed by atoms with E-state index in [9.17, 15) is 14.4 Å². The highest BCUT2D eigenvalue weighted by atomic mass is 16.4. The van der Waals surface area contributed by atoms with Crippen LogP contribution in [0.1, 0.15) is 13.3 Å². The Morgan fingerprint density at radius 2 is 2.18 bits per heavy atom. The van der Waals surface area contributed by atoms with Gasteiger partial charge in [-0.3, -0.25) is 19.7 Å². The van der Waals surface area contributed by atoms with Crippen LogP contribution in [0, 0.1) is 5.92 Å². The Bertz CT molecular complexity index is 177. The summed E-state index contributed by atoms with van der Waals surface area (Å²) in [4.78, 5) is 30.4. The number of carboxylic acids is 1. The fourth-order valence-corrected chi connectivity index (χ4v) is 0.490. The van der Waals surface area contributed by atoms with E-state index < -0.39 is 17.8 Å². The summed E-state index contributed by atoms with van der Waals surface area (Å²) in [5.74, 6) is -2.38. The lowest BCUT2D eigenvalue weighted by molar-refractivity contribution is -0.143. The van der Waals surface area contributed by atoms with Crippen LogP contribution in [-0.4, -0.2) is 23.4 Å². The number of aliphatic carboxylic acids is 1. The highest BCUT2D eigenvalue weighted by Crippen LogP contribution is 1.99. The van der Waals surface area contributed by atoms with Gasteiger partial charge in [0.05, 0.1) is 5.92 Å². The number of carboxylic acid groups (broad SMARTS) is 1. The first kappa shape index (κ1) is 9.61. The van der Waals surface area contributed by atoms with Crippen LogP contribution in [0.3, 0.4) is 0 Å². The van der Waals surface area contributed by atoms with Crippen LogP contribution in [0.15, 0.2) is 0 Å². The van der Waals surface area contributed by atoms with Gasteiger partial charge in [-0.15, -0.1) is 0 Å². The van der Waals surface area contributed by atoms with Crippen molar-refractivity contribution in [3.05, 3.63) is 0 Å². The van der Waals surface area contributed by atoms with Crippen molar-refractivity contribution in [2.75, 3.05) is 0 Å². The summed E-state index contributed by atoms with van der Waals surface area (Å²) < 4.78 is 0. The van der Waals surface area contributed by atoms with Gasteiger partial charge in [0.1, 0.15) is 0 Å². The second-order valence-electron chi connectivity index (χ2n) is 2.13. The van der Waals surface area contributed by atoms with Gasteiger partial charge in [-0.2, -0.15) is 0 Å². The second-order valence-corrected chi connectivity index (χ2v) is 2.13. The average molecular weight is 159 g/mol. The number of rotatable bonds is 4. The van der Waals surface area contributed by atoms with E-state index in [1.807, 2.05) is 5.32 Å². The van der Waals surface area contributed by atoms with Gasteiger partial charge in [-0.05, 0) is 0 Å². The topological polar surface area (TPSA) is 83.5 Å². The van der Waals surface area contributed by atoms with E-state index in [0.717, 1.165) is 0 Å². The van der Waals surface area contributed by atoms with Crippen molar-refractivity contribution in [2.24, 2.45) is 5.92 Å². The predicted molar refractivity (Wildman–Crippen MR) is 35.6 cm³/mol. The summed E-state index contributed by atoms with van der Waals surface area (Å²) in [6.07, 6.45) is 0.0605. The molecule has 0 aliphatic carbocycles. The van der Waals surface area contributed by atoms with Crippen LogP contribution in [0.5, 0.6) is 0 Å². The van der Waals surface area contributed by atoms with Crippen molar-refractivity contribution in [1.29, 1.82) is 0 Å². The SMILES string of the molecule is CC(CC(=O)NC=O)C(=O)O. The summed E-state index contributed by atoms with van der Waals surface area (Å²) in [6.45, 7) is 1.40. The quantitative estimate of drug-likeness (QED) is 0.535. The van der Waals surface area contributed by atoms with Crippen molar-refractivity contribution < 1.29 is 19.5 Å². The van der Waals surface area contributed by atoms with Crippen LogP contribution >= 0.6 is 0 Å². The van der Waals surface area contributed by atoms with Crippen LogP contribution in [-0.2, 0) is 14.4 Å². The minimum atomic E-state index is -1.05. The maximum atomic E-state index is 10.6.